The van der Waals surface area contributed by atoms with E-state index in [0.29, 0.717) is 6.04 Å². The number of piperazine rings is 1. The Kier molecular flexibility index (Phi) is 7.92. The van der Waals surface area contributed by atoms with Crippen LogP contribution in [0.4, 0.5) is 0 Å². The molecule has 2 heterocycles. The number of aryl methyl sites for hydroxylation is 2. The van der Waals surface area contributed by atoms with E-state index in [0.717, 1.165) is 63.6 Å². The summed E-state index contributed by atoms with van der Waals surface area (Å²) in [4.78, 5) is 5.05. The van der Waals surface area contributed by atoms with Crippen molar-refractivity contribution in [3.63, 3.8) is 0 Å². The molecule has 1 aromatic heterocycles. The van der Waals surface area contributed by atoms with Crippen LogP contribution in [0.1, 0.15) is 47.7 Å². The third-order valence-electron chi connectivity index (χ3n) is 6.49. The molecule has 3 rings (SSSR count). The molecule has 6 nitrogen and oxygen atoms in total. The normalized spacial score (nSPS) is 18.1. The van der Waals surface area contributed by atoms with Gasteiger partial charge in [0.15, 0.2) is 0 Å². The molecule has 0 amide bonds. The number of benzene rings is 1. The van der Waals surface area contributed by atoms with Gasteiger partial charge < -0.3 is 9.84 Å². The largest absolute Gasteiger partial charge is 0.496 e. The van der Waals surface area contributed by atoms with Crippen molar-refractivity contribution in [2.24, 2.45) is 0 Å². The molecule has 1 aliphatic rings. The minimum atomic E-state index is 0.225. The summed E-state index contributed by atoms with van der Waals surface area (Å²) in [6.45, 7) is 14.7. The Balaban J connectivity index is 1.67. The maximum atomic E-state index is 9.68. The topological polar surface area (TPSA) is 53.8 Å². The van der Waals surface area contributed by atoms with Crippen LogP contribution in [0.15, 0.2) is 18.3 Å². The third kappa shape index (κ3) is 5.23. The van der Waals surface area contributed by atoms with Crippen LogP contribution in [-0.2, 0) is 19.6 Å². The molecule has 6 heteroatoms. The standard InChI is InChI=1S/C24H38N4O2/c1-6-10-28-16-22(20(4)25-28)14-26-11-12-27(23(17-26)9-13-29)15-21-7-8-24(30-5)19(3)18(21)2/h7-8,16,23,29H,6,9-15,17H2,1-5H3/t23-/m1/s1. The molecular weight excluding hydrogens is 376 g/mol. The fourth-order valence-corrected chi connectivity index (χ4v) is 4.49. The van der Waals surface area contributed by atoms with E-state index in [4.69, 9.17) is 4.74 Å². The number of aromatic nitrogens is 2. The zero-order valence-electron chi connectivity index (χ0n) is 19.3. The molecule has 0 saturated carbocycles. The van der Waals surface area contributed by atoms with Crippen molar-refractivity contribution < 1.29 is 9.84 Å². The fourth-order valence-electron chi connectivity index (χ4n) is 4.49. The minimum Gasteiger partial charge on any atom is -0.496 e. The maximum absolute atomic E-state index is 9.68. The zero-order chi connectivity index (χ0) is 21.7. The van der Waals surface area contributed by atoms with Crippen molar-refractivity contribution in [1.29, 1.82) is 0 Å². The van der Waals surface area contributed by atoms with Gasteiger partial charge in [-0.05, 0) is 56.4 Å². The highest BCUT2D eigenvalue weighted by atomic mass is 16.5. The number of rotatable bonds is 9. The summed E-state index contributed by atoms with van der Waals surface area (Å²) >= 11 is 0. The van der Waals surface area contributed by atoms with Gasteiger partial charge in [0.25, 0.3) is 0 Å². The molecule has 1 aromatic carbocycles. The summed E-state index contributed by atoms with van der Waals surface area (Å²) in [6.07, 6.45) is 4.11. The SMILES string of the molecule is CCCn1cc(CN2CCN(Cc3ccc(OC)c(C)c3C)[C@H](CCO)C2)c(C)n1. The number of nitrogens with zero attached hydrogens (tertiary/aromatic N) is 4. The summed E-state index contributed by atoms with van der Waals surface area (Å²) in [7, 11) is 1.73. The molecule has 30 heavy (non-hydrogen) atoms. The number of aliphatic hydroxyl groups excluding tert-OH is 1. The molecule has 0 aliphatic carbocycles. The molecule has 1 N–H and O–H groups in total. The van der Waals surface area contributed by atoms with Crippen LogP contribution in [0.5, 0.6) is 5.75 Å². The van der Waals surface area contributed by atoms with Gasteiger partial charge in [-0.15, -0.1) is 0 Å². The Morgan fingerprint density at radius 1 is 1.10 bits per heavy atom. The van der Waals surface area contributed by atoms with E-state index in [9.17, 15) is 5.11 Å². The highest BCUT2D eigenvalue weighted by molar-refractivity contribution is 5.43. The molecule has 0 bridgehead atoms. The van der Waals surface area contributed by atoms with Gasteiger partial charge in [0.05, 0.1) is 12.8 Å². The van der Waals surface area contributed by atoms with Crippen LogP contribution in [0.3, 0.4) is 0 Å². The molecule has 2 aromatic rings. The van der Waals surface area contributed by atoms with Crippen molar-refractivity contribution in [3.05, 3.63) is 46.3 Å². The van der Waals surface area contributed by atoms with Gasteiger partial charge in [-0.25, -0.2) is 0 Å². The predicted octanol–water partition coefficient (Wildman–Crippen LogP) is 3.30. The predicted molar refractivity (Wildman–Crippen MR) is 121 cm³/mol. The van der Waals surface area contributed by atoms with Crippen LogP contribution in [0.25, 0.3) is 0 Å². The van der Waals surface area contributed by atoms with Gasteiger partial charge in [-0.3, -0.25) is 14.5 Å². The first kappa shape index (κ1) is 22.8. The first-order valence-corrected chi connectivity index (χ1v) is 11.2. The molecule has 1 fully saturated rings. The van der Waals surface area contributed by atoms with Crippen molar-refractivity contribution in [2.45, 2.75) is 66.2 Å². The second kappa shape index (κ2) is 10.4. The zero-order valence-corrected chi connectivity index (χ0v) is 19.3. The molecule has 1 atom stereocenters. The summed E-state index contributed by atoms with van der Waals surface area (Å²) in [5.74, 6) is 0.951. The number of hydrogen-bond donors (Lipinski definition) is 1. The van der Waals surface area contributed by atoms with Crippen LogP contribution < -0.4 is 4.74 Å². The van der Waals surface area contributed by atoms with Crippen molar-refractivity contribution >= 4 is 0 Å². The van der Waals surface area contributed by atoms with Crippen LogP contribution in [0, 0.1) is 20.8 Å². The lowest BCUT2D eigenvalue weighted by atomic mass is 10.00. The van der Waals surface area contributed by atoms with Crippen LogP contribution in [0.2, 0.25) is 0 Å². The smallest absolute Gasteiger partial charge is 0.122 e. The Morgan fingerprint density at radius 3 is 2.60 bits per heavy atom. The van der Waals surface area contributed by atoms with Crippen molar-refractivity contribution in [2.75, 3.05) is 33.4 Å². The van der Waals surface area contributed by atoms with Gasteiger partial charge in [0.2, 0.25) is 0 Å². The van der Waals surface area contributed by atoms with Crippen molar-refractivity contribution in [3.8, 4) is 5.75 Å². The Labute approximate surface area is 181 Å². The van der Waals surface area contributed by atoms with E-state index in [1.807, 2.05) is 0 Å². The Bertz CT molecular complexity index is 833. The second-order valence-electron chi connectivity index (χ2n) is 8.55. The Hall–Kier alpha value is -1.89. The molecule has 1 aliphatic heterocycles. The van der Waals surface area contributed by atoms with E-state index < -0.39 is 0 Å². The van der Waals surface area contributed by atoms with Crippen LogP contribution in [-0.4, -0.2) is 64.1 Å². The van der Waals surface area contributed by atoms with Crippen LogP contribution >= 0.6 is 0 Å². The highest BCUT2D eigenvalue weighted by Crippen LogP contribution is 2.26. The van der Waals surface area contributed by atoms with E-state index in [1.54, 1.807) is 7.11 Å². The van der Waals surface area contributed by atoms with Gasteiger partial charge in [-0.2, -0.15) is 5.10 Å². The molecular formula is C24H38N4O2. The van der Waals surface area contributed by atoms with E-state index in [-0.39, 0.29) is 6.61 Å². The van der Waals surface area contributed by atoms with Gasteiger partial charge in [0, 0.05) is 63.7 Å². The highest BCUT2D eigenvalue weighted by Gasteiger charge is 2.27. The van der Waals surface area contributed by atoms with E-state index in [2.05, 4.69) is 65.6 Å². The number of aliphatic hydroxyl groups is 1. The van der Waals surface area contributed by atoms with E-state index >= 15 is 0 Å². The second-order valence-corrected chi connectivity index (χ2v) is 8.55. The summed E-state index contributed by atoms with van der Waals surface area (Å²) in [5, 5.41) is 14.3. The number of hydrogen-bond acceptors (Lipinski definition) is 5. The monoisotopic (exact) mass is 414 g/mol. The van der Waals surface area contributed by atoms with E-state index in [1.165, 1.54) is 22.3 Å². The Morgan fingerprint density at radius 2 is 1.90 bits per heavy atom. The first-order chi connectivity index (χ1) is 14.5. The number of methoxy groups -OCH3 is 1. The average Bonchev–Trinajstić information content (AvgIpc) is 3.06. The van der Waals surface area contributed by atoms with Gasteiger partial charge >= 0.3 is 0 Å². The first-order valence-electron chi connectivity index (χ1n) is 11.2. The van der Waals surface area contributed by atoms with Gasteiger partial charge in [0.1, 0.15) is 5.75 Å². The lowest BCUT2D eigenvalue weighted by Gasteiger charge is -2.41. The van der Waals surface area contributed by atoms with Crippen molar-refractivity contribution in [1.82, 2.24) is 19.6 Å². The molecule has 166 valence electrons. The fraction of sp³-hybridized carbons (Fsp3) is 0.625. The van der Waals surface area contributed by atoms with Gasteiger partial charge in [-0.1, -0.05) is 13.0 Å². The summed E-state index contributed by atoms with van der Waals surface area (Å²) < 4.78 is 7.54. The summed E-state index contributed by atoms with van der Waals surface area (Å²) in [6, 6.07) is 4.62. The number of ether oxygens (including phenoxy) is 1. The molecule has 0 spiro atoms. The molecule has 0 radical (unpaired) electrons. The quantitative estimate of drug-likeness (QED) is 0.682. The third-order valence-corrected chi connectivity index (χ3v) is 6.49. The average molecular weight is 415 g/mol. The lowest BCUT2D eigenvalue weighted by Crippen LogP contribution is -2.52. The maximum Gasteiger partial charge on any atom is 0.122 e. The lowest BCUT2D eigenvalue weighted by molar-refractivity contribution is 0.0497. The molecule has 0 unspecified atom stereocenters. The minimum absolute atomic E-state index is 0.225. The summed E-state index contributed by atoms with van der Waals surface area (Å²) in [5.41, 5.74) is 6.32. The molecule has 1 saturated heterocycles.